The summed E-state index contributed by atoms with van der Waals surface area (Å²) in [6, 6.07) is 87.4. The van der Waals surface area contributed by atoms with E-state index in [-0.39, 0.29) is 0 Å². The van der Waals surface area contributed by atoms with Crippen LogP contribution in [-0.4, -0.2) is 19.1 Å². The third-order valence-electron chi connectivity index (χ3n) is 14.2. The Bertz CT molecular complexity index is 3810. The van der Waals surface area contributed by atoms with Crippen molar-refractivity contribution in [1.82, 2.24) is 19.1 Å². The van der Waals surface area contributed by atoms with Gasteiger partial charge in [0, 0.05) is 85.0 Å². The van der Waals surface area contributed by atoms with E-state index in [4.69, 9.17) is 0 Å². The molecule has 0 N–H and O–H groups in total. The molecule has 0 fully saturated rings. The van der Waals surface area contributed by atoms with Gasteiger partial charge in [-0.05, 0) is 157 Å². The summed E-state index contributed by atoms with van der Waals surface area (Å²) in [6.07, 6.45) is 3.62. The zero-order valence-corrected chi connectivity index (χ0v) is 39.9. The highest BCUT2D eigenvalue weighted by atomic mass is 15.1. The smallest absolute Gasteiger partial charge is 0.159 e. The van der Waals surface area contributed by atoms with E-state index in [2.05, 4.69) is 279 Å². The zero-order chi connectivity index (χ0) is 48.1. The van der Waals surface area contributed by atoms with Crippen molar-refractivity contribution in [2.45, 2.75) is 13.8 Å². The van der Waals surface area contributed by atoms with E-state index < -0.39 is 0 Å². The molecule has 0 aliphatic heterocycles. The Kier molecular flexibility index (Phi) is 10.5. The number of hydrogen-bond acceptors (Lipinski definition) is 4. The van der Waals surface area contributed by atoms with Crippen molar-refractivity contribution in [1.29, 1.82) is 0 Å². The van der Waals surface area contributed by atoms with Crippen molar-refractivity contribution in [2.24, 2.45) is 0 Å². The number of rotatable bonds is 10. The molecular formula is C66H48N6. The summed E-state index contributed by atoms with van der Waals surface area (Å²) in [4.78, 5) is 14.0. The summed E-state index contributed by atoms with van der Waals surface area (Å²) in [5.74, 6) is 0.726. The normalized spacial score (nSPS) is 11.5. The fourth-order valence-corrected chi connectivity index (χ4v) is 10.8. The van der Waals surface area contributed by atoms with Gasteiger partial charge in [0.15, 0.2) is 5.82 Å². The molecule has 0 saturated carbocycles. The van der Waals surface area contributed by atoms with Crippen LogP contribution in [0.3, 0.4) is 0 Å². The Morgan fingerprint density at radius 2 is 0.681 bits per heavy atom. The van der Waals surface area contributed by atoms with E-state index in [1.165, 1.54) is 27.1 Å². The number of fused-ring (bicyclic) bond motifs is 6. The van der Waals surface area contributed by atoms with Crippen LogP contribution in [-0.2, 0) is 0 Å². The molecule has 13 aromatic rings. The van der Waals surface area contributed by atoms with Gasteiger partial charge in [-0.2, -0.15) is 0 Å². The Labute approximate surface area is 418 Å². The van der Waals surface area contributed by atoms with E-state index >= 15 is 0 Å². The Balaban J connectivity index is 1.05. The molecule has 0 unspecified atom stereocenters. The van der Waals surface area contributed by atoms with Crippen molar-refractivity contribution < 1.29 is 0 Å². The third kappa shape index (κ3) is 7.28. The van der Waals surface area contributed by atoms with Gasteiger partial charge in [-0.15, -0.1) is 0 Å². The Hall–Kier alpha value is -9.52. The molecule has 0 amide bonds. The molecule has 0 saturated heterocycles. The molecule has 3 heterocycles. The predicted molar refractivity (Wildman–Crippen MR) is 300 cm³/mol. The van der Waals surface area contributed by atoms with Crippen LogP contribution in [0.1, 0.15) is 11.1 Å². The lowest BCUT2D eigenvalue weighted by molar-refractivity contribution is 1.13. The Morgan fingerprint density at radius 1 is 0.306 bits per heavy atom. The standard InChI is InChI=1S/C66H48N6/c1-45-46(2)57(66-67-38-19-39-68-66)35-34-56(45)47-40-54(71-62-30-17-15-28-58(62)60-43-52(32-36-64(60)71)69(48-20-7-3-8-21-48)49-22-9-4-10-23-49)42-55(41-47)72-63-31-18-16-29-59(63)61-44-53(33-37-65(61)72)70(50-24-11-5-12-25-50)51-26-13-6-14-27-51/h3-44H,1-2H3. The molecule has 0 spiro atoms. The minimum atomic E-state index is 0.726. The first-order valence-corrected chi connectivity index (χ1v) is 24.5. The monoisotopic (exact) mass is 924 g/mol. The highest BCUT2D eigenvalue weighted by molar-refractivity contribution is 6.12. The number of benzene rings is 10. The molecule has 6 heteroatoms. The molecule has 0 aliphatic rings. The molecule has 0 aliphatic carbocycles. The molecular weight excluding hydrogens is 877 g/mol. The molecule has 13 rings (SSSR count). The summed E-state index contributed by atoms with van der Waals surface area (Å²) >= 11 is 0. The van der Waals surface area contributed by atoms with E-state index in [1.807, 2.05) is 18.5 Å². The van der Waals surface area contributed by atoms with Gasteiger partial charge in [0.1, 0.15) is 0 Å². The number of para-hydroxylation sites is 6. The topological polar surface area (TPSA) is 42.1 Å². The lowest BCUT2D eigenvalue weighted by Gasteiger charge is -2.25. The van der Waals surface area contributed by atoms with Crippen LogP contribution >= 0.6 is 0 Å². The number of nitrogens with zero attached hydrogens (tertiary/aromatic N) is 6. The van der Waals surface area contributed by atoms with E-state index in [9.17, 15) is 0 Å². The quantitative estimate of drug-likeness (QED) is 0.137. The van der Waals surface area contributed by atoms with Gasteiger partial charge in [-0.25, -0.2) is 9.97 Å². The zero-order valence-electron chi connectivity index (χ0n) is 39.9. The van der Waals surface area contributed by atoms with Gasteiger partial charge in [0.05, 0.1) is 22.1 Å². The predicted octanol–water partition coefficient (Wildman–Crippen LogP) is 17.6. The minimum Gasteiger partial charge on any atom is -0.310 e. The molecule has 3 aromatic heterocycles. The Morgan fingerprint density at radius 3 is 1.12 bits per heavy atom. The summed E-state index contributed by atoms with van der Waals surface area (Å²) in [5, 5.41) is 4.73. The van der Waals surface area contributed by atoms with Crippen molar-refractivity contribution >= 4 is 77.7 Å². The molecule has 6 nitrogen and oxygen atoms in total. The average molecular weight is 925 g/mol. The van der Waals surface area contributed by atoms with Crippen molar-refractivity contribution in [3.63, 3.8) is 0 Å². The van der Waals surface area contributed by atoms with Gasteiger partial charge < -0.3 is 18.9 Å². The molecule has 72 heavy (non-hydrogen) atoms. The molecule has 10 aromatic carbocycles. The molecule has 342 valence electrons. The van der Waals surface area contributed by atoms with Crippen LogP contribution in [0.15, 0.2) is 255 Å². The maximum absolute atomic E-state index is 4.64. The first-order valence-electron chi connectivity index (χ1n) is 24.5. The first-order chi connectivity index (χ1) is 35.6. The van der Waals surface area contributed by atoms with Crippen molar-refractivity contribution in [3.05, 3.63) is 266 Å². The van der Waals surface area contributed by atoms with E-state index in [1.54, 1.807) is 0 Å². The first kappa shape index (κ1) is 42.6. The third-order valence-corrected chi connectivity index (χ3v) is 14.2. The average Bonchev–Trinajstić information content (AvgIpc) is 3.96. The molecule has 0 bridgehead atoms. The highest BCUT2D eigenvalue weighted by Gasteiger charge is 2.22. The van der Waals surface area contributed by atoms with Crippen molar-refractivity contribution in [2.75, 3.05) is 9.80 Å². The van der Waals surface area contributed by atoms with Crippen LogP contribution in [0.25, 0.3) is 77.5 Å². The second-order valence-electron chi connectivity index (χ2n) is 18.3. The van der Waals surface area contributed by atoms with Gasteiger partial charge in [0.25, 0.3) is 0 Å². The van der Waals surface area contributed by atoms with E-state index in [0.717, 1.165) is 95.6 Å². The van der Waals surface area contributed by atoms with Gasteiger partial charge >= 0.3 is 0 Å². The molecule has 0 atom stereocenters. The van der Waals surface area contributed by atoms with Crippen LogP contribution < -0.4 is 9.80 Å². The van der Waals surface area contributed by atoms with Crippen LogP contribution in [0, 0.1) is 13.8 Å². The largest absolute Gasteiger partial charge is 0.310 e. The summed E-state index contributed by atoms with van der Waals surface area (Å²) in [5.41, 5.74) is 18.9. The second-order valence-corrected chi connectivity index (χ2v) is 18.3. The lowest BCUT2D eigenvalue weighted by Crippen LogP contribution is -2.09. The van der Waals surface area contributed by atoms with Gasteiger partial charge in [0.2, 0.25) is 0 Å². The maximum atomic E-state index is 4.64. The van der Waals surface area contributed by atoms with E-state index in [0.29, 0.717) is 0 Å². The van der Waals surface area contributed by atoms with Crippen LogP contribution in [0.5, 0.6) is 0 Å². The van der Waals surface area contributed by atoms with Crippen LogP contribution in [0.2, 0.25) is 0 Å². The minimum absolute atomic E-state index is 0.726. The van der Waals surface area contributed by atoms with Crippen molar-refractivity contribution in [3.8, 4) is 33.9 Å². The summed E-state index contributed by atoms with van der Waals surface area (Å²) in [6.45, 7) is 4.41. The SMILES string of the molecule is Cc1c(-c2cc(-n3c4ccccc4c4cc(N(c5ccccc5)c5ccccc5)ccc43)cc(-n3c4ccccc4c4cc(N(c5ccccc5)c5ccccc5)ccc43)c2)ccc(-c2ncccn2)c1C. The van der Waals surface area contributed by atoms with Gasteiger partial charge in [-0.3, -0.25) is 0 Å². The lowest BCUT2D eigenvalue weighted by atomic mass is 9.92. The fourth-order valence-electron chi connectivity index (χ4n) is 10.8. The number of aromatic nitrogens is 4. The highest BCUT2D eigenvalue weighted by Crippen LogP contribution is 2.44. The summed E-state index contributed by atoms with van der Waals surface area (Å²) in [7, 11) is 0. The number of anilines is 6. The maximum Gasteiger partial charge on any atom is 0.159 e. The number of hydrogen-bond donors (Lipinski definition) is 0. The fraction of sp³-hybridized carbons (Fsp3) is 0.0303. The summed E-state index contributed by atoms with van der Waals surface area (Å²) < 4.78 is 4.91. The van der Waals surface area contributed by atoms with Gasteiger partial charge in [-0.1, -0.05) is 121 Å². The molecule has 0 radical (unpaired) electrons. The van der Waals surface area contributed by atoms with Crippen LogP contribution in [0.4, 0.5) is 34.1 Å². The second kappa shape index (κ2) is 17.8.